The first-order valence-corrected chi connectivity index (χ1v) is 6.52. The zero-order valence-electron chi connectivity index (χ0n) is 10.4. The summed E-state index contributed by atoms with van der Waals surface area (Å²) in [6.07, 6.45) is 8.37. The summed E-state index contributed by atoms with van der Waals surface area (Å²) in [7, 11) is 0. The van der Waals surface area contributed by atoms with Crippen LogP contribution in [0.2, 0.25) is 0 Å². The van der Waals surface area contributed by atoms with Crippen LogP contribution in [-0.2, 0) is 9.59 Å². The lowest BCUT2D eigenvalue weighted by atomic mass is 9.81. The highest BCUT2D eigenvalue weighted by Crippen LogP contribution is 2.27. The third-order valence-corrected chi connectivity index (χ3v) is 3.92. The third-order valence-electron chi connectivity index (χ3n) is 3.92. The molecule has 0 aromatic heterocycles. The number of hydrogen-bond donors (Lipinski definition) is 3. The van der Waals surface area contributed by atoms with Crippen molar-refractivity contribution in [3.63, 3.8) is 0 Å². The molecule has 5 nitrogen and oxygen atoms in total. The number of rotatable bonds is 3. The van der Waals surface area contributed by atoms with Crippen LogP contribution in [0, 0.1) is 5.92 Å². The first-order valence-electron chi connectivity index (χ1n) is 6.52. The average Bonchev–Trinajstić information content (AvgIpc) is 2.78. The van der Waals surface area contributed by atoms with Gasteiger partial charge in [-0.25, -0.2) is 0 Å². The van der Waals surface area contributed by atoms with Crippen molar-refractivity contribution in [2.45, 2.75) is 50.1 Å². The van der Waals surface area contributed by atoms with Crippen molar-refractivity contribution in [2.24, 2.45) is 11.7 Å². The highest BCUT2D eigenvalue weighted by atomic mass is 16.4. The Morgan fingerprint density at radius 2 is 1.89 bits per heavy atom. The second-order valence-electron chi connectivity index (χ2n) is 5.36. The van der Waals surface area contributed by atoms with E-state index in [2.05, 4.69) is 5.32 Å². The van der Waals surface area contributed by atoms with Gasteiger partial charge in [0.1, 0.15) is 0 Å². The molecule has 18 heavy (non-hydrogen) atoms. The van der Waals surface area contributed by atoms with Crippen molar-refractivity contribution in [1.29, 1.82) is 0 Å². The molecule has 0 aliphatic heterocycles. The largest absolute Gasteiger partial charge is 0.481 e. The van der Waals surface area contributed by atoms with Crippen LogP contribution < -0.4 is 11.1 Å². The molecule has 100 valence electrons. The van der Waals surface area contributed by atoms with Gasteiger partial charge in [-0.3, -0.25) is 9.59 Å². The van der Waals surface area contributed by atoms with Crippen LogP contribution in [-0.4, -0.2) is 28.6 Å². The van der Waals surface area contributed by atoms with E-state index in [4.69, 9.17) is 10.8 Å². The Bertz CT molecular complexity index is 372. The topological polar surface area (TPSA) is 92.4 Å². The maximum Gasteiger partial charge on any atom is 0.310 e. The summed E-state index contributed by atoms with van der Waals surface area (Å²) in [4.78, 5) is 22.9. The molecule has 2 atom stereocenters. The Balaban J connectivity index is 1.89. The Labute approximate surface area is 106 Å². The van der Waals surface area contributed by atoms with E-state index in [9.17, 15) is 9.59 Å². The number of carboxylic acids is 1. The fraction of sp³-hybridized carbons (Fsp3) is 0.692. The number of carboxylic acid groups (broad SMARTS) is 1. The van der Waals surface area contributed by atoms with Crippen molar-refractivity contribution >= 4 is 11.9 Å². The molecule has 0 aromatic rings. The molecule has 1 amide bonds. The van der Waals surface area contributed by atoms with Crippen LogP contribution in [0.15, 0.2) is 12.2 Å². The normalized spacial score (nSPS) is 30.1. The van der Waals surface area contributed by atoms with Crippen LogP contribution >= 0.6 is 0 Å². The van der Waals surface area contributed by atoms with E-state index in [1.807, 2.05) is 0 Å². The van der Waals surface area contributed by atoms with Gasteiger partial charge < -0.3 is 16.2 Å². The fourth-order valence-electron chi connectivity index (χ4n) is 2.71. The molecule has 2 aliphatic rings. The molecule has 2 unspecified atom stereocenters. The molecule has 4 N–H and O–H groups in total. The van der Waals surface area contributed by atoms with Crippen LogP contribution in [0.4, 0.5) is 0 Å². The van der Waals surface area contributed by atoms with E-state index >= 15 is 0 Å². The fourth-order valence-corrected chi connectivity index (χ4v) is 2.71. The van der Waals surface area contributed by atoms with Gasteiger partial charge in [-0.15, -0.1) is 0 Å². The monoisotopic (exact) mass is 252 g/mol. The van der Waals surface area contributed by atoms with E-state index in [0.717, 1.165) is 32.1 Å². The van der Waals surface area contributed by atoms with Gasteiger partial charge in [0.2, 0.25) is 5.91 Å². The Morgan fingerprint density at radius 1 is 1.22 bits per heavy atom. The van der Waals surface area contributed by atoms with E-state index in [1.165, 1.54) is 0 Å². The van der Waals surface area contributed by atoms with Gasteiger partial charge in [-0.1, -0.05) is 31.4 Å². The molecule has 0 bridgehead atoms. The number of carbonyl (C=O) groups is 2. The zero-order chi connectivity index (χ0) is 13.2. The van der Waals surface area contributed by atoms with Gasteiger partial charge in [0, 0.05) is 6.04 Å². The van der Waals surface area contributed by atoms with E-state index in [1.54, 1.807) is 12.2 Å². The van der Waals surface area contributed by atoms with Crippen LogP contribution in [0.25, 0.3) is 0 Å². The van der Waals surface area contributed by atoms with Gasteiger partial charge in [0.25, 0.3) is 0 Å². The molecule has 0 aromatic carbocycles. The summed E-state index contributed by atoms with van der Waals surface area (Å²) in [5, 5.41) is 11.7. The highest BCUT2D eigenvalue weighted by Gasteiger charge is 2.37. The lowest BCUT2D eigenvalue weighted by Crippen LogP contribution is -2.56. The summed E-state index contributed by atoms with van der Waals surface area (Å²) in [6.45, 7) is 0. The first-order chi connectivity index (χ1) is 8.51. The van der Waals surface area contributed by atoms with Crippen LogP contribution in [0.5, 0.6) is 0 Å². The third kappa shape index (κ3) is 2.72. The molecule has 1 fully saturated rings. The number of hydrogen-bond acceptors (Lipinski definition) is 3. The summed E-state index contributed by atoms with van der Waals surface area (Å²) in [6, 6.07) is -0.194. The van der Waals surface area contributed by atoms with Crippen LogP contribution in [0.3, 0.4) is 0 Å². The molecule has 0 spiro atoms. The Kier molecular flexibility index (Phi) is 3.71. The zero-order valence-corrected chi connectivity index (χ0v) is 10.4. The summed E-state index contributed by atoms with van der Waals surface area (Å²) in [5.74, 6) is -1.47. The average molecular weight is 252 g/mol. The molecule has 2 rings (SSSR count). The highest BCUT2D eigenvalue weighted by molar-refractivity contribution is 5.86. The summed E-state index contributed by atoms with van der Waals surface area (Å²) in [5.41, 5.74) is 5.37. The molecule has 0 radical (unpaired) electrons. The molecule has 1 saturated carbocycles. The van der Waals surface area contributed by atoms with E-state index < -0.39 is 17.4 Å². The maximum absolute atomic E-state index is 12.1. The first kappa shape index (κ1) is 13.1. The SMILES string of the molecule is NC1(C(=O)NC2C=CC(C(=O)O)C2)CCCCC1. The predicted molar refractivity (Wildman–Crippen MR) is 66.8 cm³/mol. The second kappa shape index (κ2) is 5.10. The molecular formula is C13H20N2O3. The van der Waals surface area contributed by atoms with Gasteiger partial charge in [0.15, 0.2) is 0 Å². The molecule has 0 saturated heterocycles. The van der Waals surface area contributed by atoms with E-state index in [-0.39, 0.29) is 11.9 Å². The maximum atomic E-state index is 12.1. The van der Waals surface area contributed by atoms with Gasteiger partial charge in [-0.05, 0) is 19.3 Å². The smallest absolute Gasteiger partial charge is 0.310 e. The Hall–Kier alpha value is -1.36. The lowest BCUT2D eigenvalue weighted by Gasteiger charge is -2.32. The van der Waals surface area contributed by atoms with Crippen molar-refractivity contribution in [3.05, 3.63) is 12.2 Å². The van der Waals surface area contributed by atoms with Gasteiger partial charge in [-0.2, -0.15) is 0 Å². The van der Waals surface area contributed by atoms with Crippen molar-refractivity contribution in [3.8, 4) is 0 Å². The standard InChI is InChI=1S/C13H20N2O3/c14-13(6-2-1-3-7-13)12(18)15-10-5-4-9(8-10)11(16)17/h4-5,9-10H,1-3,6-8,14H2,(H,15,18)(H,16,17). The van der Waals surface area contributed by atoms with Gasteiger partial charge in [0.05, 0.1) is 11.5 Å². The van der Waals surface area contributed by atoms with Crippen molar-refractivity contribution in [1.82, 2.24) is 5.32 Å². The lowest BCUT2D eigenvalue weighted by molar-refractivity contribution is -0.140. The molecular weight excluding hydrogens is 232 g/mol. The van der Waals surface area contributed by atoms with Crippen molar-refractivity contribution in [2.75, 3.05) is 0 Å². The summed E-state index contributed by atoms with van der Waals surface area (Å²) >= 11 is 0. The number of aliphatic carboxylic acids is 1. The quantitative estimate of drug-likeness (QED) is 0.648. The minimum absolute atomic E-state index is 0.136. The van der Waals surface area contributed by atoms with E-state index in [0.29, 0.717) is 6.42 Å². The van der Waals surface area contributed by atoms with Crippen LogP contribution in [0.1, 0.15) is 38.5 Å². The molecule has 2 aliphatic carbocycles. The number of carbonyl (C=O) groups excluding carboxylic acids is 1. The predicted octanol–water partition coefficient (Wildman–Crippen LogP) is 0.793. The number of nitrogens with two attached hydrogens (primary N) is 1. The molecule has 0 heterocycles. The second-order valence-corrected chi connectivity index (χ2v) is 5.36. The number of nitrogens with one attached hydrogen (secondary N) is 1. The Morgan fingerprint density at radius 3 is 2.44 bits per heavy atom. The number of amides is 1. The minimum atomic E-state index is -0.844. The summed E-state index contributed by atoms with van der Waals surface area (Å²) < 4.78 is 0. The molecule has 5 heteroatoms. The van der Waals surface area contributed by atoms with Gasteiger partial charge >= 0.3 is 5.97 Å². The minimum Gasteiger partial charge on any atom is -0.481 e. The van der Waals surface area contributed by atoms with Crippen molar-refractivity contribution < 1.29 is 14.7 Å².